The molecule has 0 fully saturated rings. The second-order valence-corrected chi connectivity index (χ2v) is 4.20. The van der Waals surface area contributed by atoms with Gasteiger partial charge in [0.05, 0.1) is 17.9 Å². The zero-order valence-corrected chi connectivity index (χ0v) is 11.5. The minimum atomic E-state index is -0.502. The number of alkyl halides is 1. The maximum Gasteiger partial charge on any atom is 0.311 e. The third-order valence-corrected chi connectivity index (χ3v) is 2.99. The number of para-hydroxylation sites is 1. The van der Waals surface area contributed by atoms with E-state index in [9.17, 15) is 10.1 Å². The van der Waals surface area contributed by atoms with E-state index in [-0.39, 0.29) is 17.3 Å². The predicted octanol–water partition coefficient (Wildman–Crippen LogP) is 4.13. The Bertz CT molecular complexity index is 630. The highest BCUT2D eigenvalue weighted by Gasteiger charge is 2.17. The van der Waals surface area contributed by atoms with Crippen molar-refractivity contribution >= 4 is 17.3 Å². The molecule has 0 spiro atoms. The zero-order chi connectivity index (χ0) is 14.5. The van der Waals surface area contributed by atoms with Gasteiger partial charge in [0.15, 0.2) is 0 Å². The van der Waals surface area contributed by atoms with Crippen LogP contribution < -0.4 is 9.47 Å². The molecule has 0 amide bonds. The van der Waals surface area contributed by atoms with Gasteiger partial charge < -0.3 is 9.47 Å². The van der Waals surface area contributed by atoms with Crippen molar-refractivity contribution in [3.05, 3.63) is 58.1 Å². The van der Waals surface area contributed by atoms with Crippen LogP contribution >= 0.6 is 11.6 Å². The van der Waals surface area contributed by atoms with Crippen LogP contribution in [0.5, 0.6) is 17.2 Å². The molecule has 0 saturated carbocycles. The molecule has 0 N–H and O–H groups in total. The fraction of sp³-hybridized carbons (Fsp3) is 0.143. The Balaban J connectivity index is 2.43. The van der Waals surface area contributed by atoms with Crippen molar-refractivity contribution in [1.29, 1.82) is 0 Å². The molecule has 5 nitrogen and oxygen atoms in total. The van der Waals surface area contributed by atoms with Gasteiger partial charge in [-0.1, -0.05) is 18.2 Å². The first kappa shape index (κ1) is 14.1. The largest absolute Gasteiger partial charge is 0.497 e. The molecular weight excluding hydrogens is 282 g/mol. The van der Waals surface area contributed by atoms with Crippen molar-refractivity contribution in [2.75, 3.05) is 7.11 Å². The molecule has 0 aliphatic heterocycles. The maximum atomic E-state index is 11.0. The van der Waals surface area contributed by atoms with Gasteiger partial charge in [-0.2, -0.15) is 0 Å². The van der Waals surface area contributed by atoms with E-state index in [1.165, 1.54) is 25.3 Å². The van der Waals surface area contributed by atoms with Crippen LogP contribution in [0.2, 0.25) is 0 Å². The quantitative estimate of drug-likeness (QED) is 0.472. The van der Waals surface area contributed by atoms with Crippen molar-refractivity contribution < 1.29 is 14.4 Å². The predicted molar refractivity (Wildman–Crippen MR) is 75.7 cm³/mol. The summed E-state index contributed by atoms with van der Waals surface area (Å²) in [5, 5.41) is 11.0. The van der Waals surface area contributed by atoms with Crippen molar-refractivity contribution in [3.63, 3.8) is 0 Å². The van der Waals surface area contributed by atoms with Crippen LogP contribution in [0.4, 0.5) is 5.69 Å². The van der Waals surface area contributed by atoms with Crippen LogP contribution in [0, 0.1) is 10.1 Å². The number of nitrogens with zero attached hydrogens (tertiary/aromatic N) is 1. The number of nitro groups is 1. The fourth-order valence-corrected chi connectivity index (χ4v) is 1.91. The van der Waals surface area contributed by atoms with Crippen LogP contribution in [0.25, 0.3) is 0 Å². The number of hydrogen-bond donors (Lipinski definition) is 0. The summed E-state index contributed by atoms with van der Waals surface area (Å²) in [7, 11) is 1.48. The summed E-state index contributed by atoms with van der Waals surface area (Å²) in [6.07, 6.45) is 0. The molecule has 20 heavy (non-hydrogen) atoms. The van der Waals surface area contributed by atoms with Crippen LogP contribution in [0.3, 0.4) is 0 Å². The summed E-state index contributed by atoms with van der Waals surface area (Å²) in [6, 6.07) is 11.4. The van der Waals surface area contributed by atoms with E-state index in [1.54, 1.807) is 18.2 Å². The van der Waals surface area contributed by atoms with Gasteiger partial charge in [-0.15, -0.1) is 11.6 Å². The smallest absolute Gasteiger partial charge is 0.311 e. The first-order valence-corrected chi connectivity index (χ1v) is 6.33. The van der Waals surface area contributed by atoms with Gasteiger partial charge in [0, 0.05) is 17.7 Å². The van der Waals surface area contributed by atoms with Crippen molar-refractivity contribution in [1.82, 2.24) is 0 Å². The Morgan fingerprint density at radius 1 is 1.20 bits per heavy atom. The van der Waals surface area contributed by atoms with E-state index in [0.29, 0.717) is 11.5 Å². The summed E-state index contributed by atoms with van der Waals surface area (Å²) in [4.78, 5) is 10.5. The zero-order valence-electron chi connectivity index (χ0n) is 10.7. The lowest BCUT2D eigenvalue weighted by Gasteiger charge is -2.10. The highest BCUT2D eigenvalue weighted by molar-refractivity contribution is 6.17. The van der Waals surface area contributed by atoms with Gasteiger partial charge in [-0.25, -0.2) is 0 Å². The molecule has 0 aliphatic carbocycles. The molecule has 2 aromatic carbocycles. The summed E-state index contributed by atoms with van der Waals surface area (Å²) in [6.45, 7) is 0. The van der Waals surface area contributed by atoms with E-state index in [2.05, 4.69) is 0 Å². The molecule has 6 heteroatoms. The lowest BCUT2D eigenvalue weighted by molar-refractivity contribution is -0.385. The van der Waals surface area contributed by atoms with E-state index >= 15 is 0 Å². The molecule has 104 valence electrons. The topological polar surface area (TPSA) is 61.6 Å². The van der Waals surface area contributed by atoms with Gasteiger partial charge in [-0.05, 0) is 12.1 Å². The number of ether oxygens (including phenoxy) is 2. The average Bonchev–Trinajstić information content (AvgIpc) is 2.47. The standard InChI is InChI=1S/C14H12ClNO4/c1-19-11-6-7-12(16(17)18)14(8-11)20-13-5-3-2-4-10(13)9-15/h2-8H,9H2,1H3. The summed E-state index contributed by atoms with van der Waals surface area (Å²) >= 11 is 5.82. The number of rotatable bonds is 5. The number of nitro benzene ring substituents is 1. The van der Waals surface area contributed by atoms with E-state index in [1.807, 2.05) is 6.07 Å². The summed E-state index contributed by atoms with van der Waals surface area (Å²) < 4.78 is 10.7. The Morgan fingerprint density at radius 2 is 1.95 bits per heavy atom. The molecule has 0 aromatic heterocycles. The fourth-order valence-electron chi connectivity index (χ4n) is 1.69. The number of benzene rings is 2. The monoisotopic (exact) mass is 293 g/mol. The molecule has 0 unspecified atom stereocenters. The Morgan fingerprint density at radius 3 is 2.60 bits per heavy atom. The lowest BCUT2D eigenvalue weighted by Crippen LogP contribution is -1.96. The van der Waals surface area contributed by atoms with E-state index < -0.39 is 4.92 Å². The van der Waals surface area contributed by atoms with Crippen molar-refractivity contribution in [2.24, 2.45) is 0 Å². The minimum Gasteiger partial charge on any atom is -0.497 e. The third kappa shape index (κ3) is 3.00. The SMILES string of the molecule is COc1ccc([N+](=O)[O-])c(Oc2ccccc2CCl)c1. The minimum absolute atomic E-state index is 0.118. The third-order valence-electron chi connectivity index (χ3n) is 2.70. The summed E-state index contributed by atoms with van der Waals surface area (Å²) in [5.41, 5.74) is 0.626. The van der Waals surface area contributed by atoms with Crippen LogP contribution in [-0.4, -0.2) is 12.0 Å². The second kappa shape index (κ2) is 6.25. The van der Waals surface area contributed by atoms with Gasteiger partial charge in [0.1, 0.15) is 11.5 Å². The molecule has 0 saturated heterocycles. The first-order valence-electron chi connectivity index (χ1n) is 5.80. The first-order chi connectivity index (χ1) is 9.65. The average molecular weight is 294 g/mol. The van der Waals surface area contributed by atoms with E-state index in [0.717, 1.165) is 5.56 Å². The molecular formula is C14H12ClNO4. The Hall–Kier alpha value is -2.27. The lowest BCUT2D eigenvalue weighted by atomic mass is 10.2. The summed E-state index contributed by atoms with van der Waals surface area (Å²) in [5.74, 6) is 1.34. The maximum absolute atomic E-state index is 11.0. The van der Waals surface area contributed by atoms with Gasteiger partial charge in [0.2, 0.25) is 5.75 Å². The molecule has 0 heterocycles. The van der Waals surface area contributed by atoms with Crippen LogP contribution in [-0.2, 0) is 5.88 Å². The van der Waals surface area contributed by atoms with E-state index in [4.69, 9.17) is 21.1 Å². The molecule has 0 radical (unpaired) electrons. The van der Waals surface area contributed by atoms with Crippen molar-refractivity contribution in [3.8, 4) is 17.2 Å². The number of halogens is 1. The molecule has 0 bridgehead atoms. The number of hydrogen-bond acceptors (Lipinski definition) is 4. The highest BCUT2D eigenvalue weighted by Crippen LogP contribution is 2.36. The van der Waals surface area contributed by atoms with Gasteiger partial charge >= 0.3 is 5.69 Å². The highest BCUT2D eigenvalue weighted by atomic mass is 35.5. The van der Waals surface area contributed by atoms with Crippen LogP contribution in [0.15, 0.2) is 42.5 Å². The Labute approximate surface area is 120 Å². The Kier molecular flexibility index (Phi) is 4.42. The number of methoxy groups -OCH3 is 1. The molecule has 2 rings (SSSR count). The normalized spacial score (nSPS) is 10.1. The van der Waals surface area contributed by atoms with Gasteiger partial charge in [0.25, 0.3) is 0 Å². The molecule has 0 atom stereocenters. The van der Waals surface area contributed by atoms with Crippen LogP contribution in [0.1, 0.15) is 5.56 Å². The van der Waals surface area contributed by atoms with Gasteiger partial charge in [-0.3, -0.25) is 10.1 Å². The van der Waals surface area contributed by atoms with Crippen molar-refractivity contribution in [2.45, 2.75) is 5.88 Å². The second-order valence-electron chi connectivity index (χ2n) is 3.93. The molecule has 2 aromatic rings. The molecule has 0 aliphatic rings.